The van der Waals surface area contributed by atoms with E-state index in [1.807, 2.05) is 4.90 Å². The van der Waals surface area contributed by atoms with E-state index in [0.717, 1.165) is 25.8 Å². The van der Waals surface area contributed by atoms with E-state index >= 15 is 0 Å². The number of anilines is 1. The summed E-state index contributed by atoms with van der Waals surface area (Å²) in [6, 6.07) is 0.0880. The maximum atomic E-state index is 12.5. The van der Waals surface area contributed by atoms with Gasteiger partial charge in [0.25, 0.3) is 0 Å². The summed E-state index contributed by atoms with van der Waals surface area (Å²) >= 11 is 0. The van der Waals surface area contributed by atoms with Gasteiger partial charge in [-0.05, 0) is 26.7 Å². The Labute approximate surface area is 154 Å². The summed E-state index contributed by atoms with van der Waals surface area (Å²) in [7, 11) is 1.59. The number of methoxy groups -OCH3 is 1. The lowest BCUT2D eigenvalue weighted by Gasteiger charge is -2.42. The lowest BCUT2D eigenvalue weighted by atomic mass is 9.97. The Hall–Kier alpha value is -2.09. The van der Waals surface area contributed by atoms with Crippen LogP contribution in [0, 0.1) is 0 Å². The standard InChI is InChI=1S/C18H28N4O4/c1-18(2,24)9-14-6-8-22(17(23)26-14)13-5-4-7-21(12-13)16-19-10-15(25-3)11-20-16/h10-11,13-14,24H,4-9,12H2,1-3H3. The number of amides is 1. The van der Waals surface area contributed by atoms with Gasteiger partial charge in [0.2, 0.25) is 5.95 Å². The lowest BCUT2D eigenvalue weighted by molar-refractivity contribution is -0.0327. The molecule has 2 aliphatic rings. The molecule has 1 aromatic heterocycles. The second-order valence-corrected chi connectivity index (χ2v) is 7.67. The van der Waals surface area contributed by atoms with Crippen molar-refractivity contribution < 1.29 is 19.4 Å². The molecule has 0 saturated carbocycles. The predicted molar refractivity (Wildman–Crippen MR) is 96.3 cm³/mol. The van der Waals surface area contributed by atoms with Crippen LogP contribution >= 0.6 is 0 Å². The monoisotopic (exact) mass is 364 g/mol. The van der Waals surface area contributed by atoms with Crippen molar-refractivity contribution in [2.24, 2.45) is 0 Å². The van der Waals surface area contributed by atoms with Crippen LogP contribution in [0.15, 0.2) is 12.4 Å². The number of aliphatic hydroxyl groups is 1. The van der Waals surface area contributed by atoms with Crippen molar-refractivity contribution in [3.05, 3.63) is 12.4 Å². The highest BCUT2D eigenvalue weighted by Crippen LogP contribution is 2.26. The number of nitrogens with zero attached hydrogens (tertiary/aromatic N) is 4. The van der Waals surface area contributed by atoms with E-state index in [4.69, 9.17) is 9.47 Å². The topological polar surface area (TPSA) is 88.0 Å². The maximum Gasteiger partial charge on any atom is 0.410 e. The highest BCUT2D eigenvalue weighted by molar-refractivity contribution is 5.69. The summed E-state index contributed by atoms with van der Waals surface area (Å²) < 4.78 is 10.7. The highest BCUT2D eigenvalue weighted by Gasteiger charge is 2.36. The quantitative estimate of drug-likeness (QED) is 0.852. The molecule has 1 amide bonds. The SMILES string of the molecule is COc1cnc(N2CCCC(N3CCC(CC(C)(C)O)OC3=O)C2)nc1. The van der Waals surface area contributed by atoms with Crippen molar-refractivity contribution in [2.45, 2.75) is 57.3 Å². The Morgan fingerprint density at radius 3 is 2.65 bits per heavy atom. The van der Waals surface area contributed by atoms with Crippen molar-refractivity contribution in [3.8, 4) is 5.75 Å². The molecule has 2 saturated heterocycles. The van der Waals surface area contributed by atoms with E-state index < -0.39 is 5.60 Å². The summed E-state index contributed by atoms with van der Waals surface area (Å²) in [5.74, 6) is 1.28. The number of cyclic esters (lactones) is 1. The minimum absolute atomic E-state index is 0.0880. The zero-order valence-corrected chi connectivity index (χ0v) is 15.7. The van der Waals surface area contributed by atoms with Crippen molar-refractivity contribution in [1.82, 2.24) is 14.9 Å². The lowest BCUT2D eigenvalue weighted by Crippen LogP contribution is -2.54. The number of hydrogen-bond donors (Lipinski definition) is 1. The van der Waals surface area contributed by atoms with E-state index in [1.54, 1.807) is 33.4 Å². The van der Waals surface area contributed by atoms with E-state index in [1.165, 1.54) is 0 Å². The van der Waals surface area contributed by atoms with E-state index in [-0.39, 0.29) is 18.2 Å². The zero-order valence-electron chi connectivity index (χ0n) is 15.7. The summed E-state index contributed by atoms with van der Waals surface area (Å²) in [5, 5.41) is 9.93. The van der Waals surface area contributed by atoms with Crippen LogP contribution in [0.2, 0.25) is 0 Å². The van der Waals surface area contributed by atoms with Crippen molar-refractivity contribution in [2.75, 3.05) is 31.6 Å². The molecule has 8 heteroatoms. The average Bonchev–Trinajstić information content (AvgIpc) is 2.61. The molecular weight excluding hydrogens is 336 g/mol. The molecule has 0 bridgehead atoms. The van der Waals surface area contributed by atoms with Gasteiger partial charge >= 0.3 is 6.09 Å². The molecule has 1 N–H and O–H groups in total. The molecule has 0 spiro atoms. The Bertz CT molecular complexity index is 617. The minimum Gasteiger partial charge on any atom is -0.494 e. The van der Waals surface area contributed by atoms with Gasteiger partial charge < -0.3 is 24.4 Å². The van der Waals surface area contributed by atoms with Crippen LogP contribution < -0.4 is 9.64 Å². The van der Waals surface area contributed by atoms with Gasteiger partial charge in [-0.1, -0.05) is 0 Å². The molecule has 0 radical (unpaired) electrons. The summed E-state index contributed by atoms with van der Waals surface area (Å²) in [4.78, 5) is 25.1. The fourth-order valence-electron chi connectivity index (χ4n) is 3.64. The third kappa shape index (κ3) is 4.55. The molecule has 3 heterocycles. The second kappa shape index (κ2) is 7.65. The van der Waals surface area contributed by atoms with E-state index in [0.29, 0.717) is 31.2 Å². The van der Waals surface area contributed by atoms with Crippen molar-refractivity contribution in [3.63, 3.8) is 0 Å². The third-order valence-corrected chi connectivity index (χ3v) is 4.89. The summed E-state index contributed by atoms with van der Waals surface area (Å²) in [6.07, 6.45) is 5.92. The number of piperidine rings is 1. The fraction of sp³-hybridized carbons (Fsp3) is 0.722. The van der Waals surface area contributed by atoms with Crippen LogP contribution in [-0.4, -0.2) is 70.6 Å². The normalized spacial score (nSPS) is 24.4. The van der Waals surface area contributed by atoms with Gasteiger partial charge in [-0.25, -0.2) is 14.8 Å². The van der Waals surface area contributed by atoms with Gasteiger partial charge in [0.1, 0.15) is 6.10 Å². The summed E-state index contributed by atoms with van der Waals surface area (Å²) in [6.45, 7) is 5.69. The highest BCUT2D eigenvalue weighted by atomic mass is 16.6. The molecule has 0 aromatic carbocycles. The molecule has 8 nitrogen and oxygen atoms in total. The first-order valence-corrected chi connectivity index (χ1v) is 9.16. The Kier molecular flexibility index (Phi) is 5.50. The van der Waals surface area contributed by atoms with Gasteiger partial charge in [-0.2, -0.15) is 0 Å². The molecular formula is C18H28N4O4. The van der Waals surface area contributed by atoms with Crippen LogP contribution in [0.5, 0.6) is 5.75 Å². The molecule has 1 aromatic rings. The van der Waals surface area contributed by atoms with Crippen LogP contribution in [0.4, 0.5) is 10.7 Å². The van der Waals surface area contributed by atoms with Gasteiger partial charge in [0.15, 0.2) is 5.75 Å². The fourth-order valence-corrected chi connectivity index (χ4v) is 3.64. The van der Waals surface area contributed by atoms with Crippen LogP contribution in [0.25, 0.3) is 0 Å². The van der Waals surface area contributed by atoms with Crippen molar-refractivity contribution >= 4 is 12.0 Å². The van der Waals surface area contributed by atoms with Gasteiger partial charge in [0.05, 0.1) is 31.1 Å². The first-order valence-electron chi connectivity index (χ1n) is 9.16. The Morgan fingerprint density at radius 1 is 1.31 bits per heavy atom. The first-order chi connectivity index (χ1) is 12.4. The number of hydrogen-bond acceptors (Lipinski definition) is 7. The van der Waals surface area contributed by atoms with Gasteiger partial charge in [-0.15, -0.1) is 0 Å². The molecule has 3 rings (SSSR count). The molecule has 0 aliphatic carbocycles. The Balaban J connectivity index is 1.60. The molecule has 26 heavy (non-hydrogen) atoms. The van der Waals surface area contributed by atoms with E-state index in [2.05, 4.69) is 14.9 Å². The smallest absolute Gasteiger partial charge is 0.410 e. The molecule has 2 atom stereocenters. The molecule has 2 fully saturated rings. The molecule has 144 valence electrons. The maximum absolute atomic E-state index is 12.5. The largest absolute Gasteiger partial charge is 0.494 e. The van der Waals surface area contributed by atoms with Crippen molar-refractivity contribution in [1.29, 1.82) is 0 Å². The van der Waals surface area contributed by atoms with Crippen LogP contribution in [0.3, 0.4) is 0 Å². The van der Waals surface area contributed by atoms with Gasteiger partial charge in [0, 0.05) is 32.5 Å². The number of rotatable bonds is 5. The summed E-state index contributed by atoms with van der Waals surface area (Å²) in [5.41, 5.74) is -0.833. The first kappa shape index (κ1) is 18.7. The molecule has 2 aliphatic heterocycles. The van der Waals surface area contributed by atoms with Gasteiger partial charge in [-0.3, -0.25) is 0 Å². The third-order valence-electron chi connectivity index (χ3n) is 4.89. The van der Waals surface area contributed by atoms with E-state index in [9.17, 15) is 9.90 Å². The number of aromatic nitrogens is 2. The predicted octanol–water partition coefficient (Wildman–Crippen LogP) is 1.83. The molecule has 2 unspecified atom stereocenters. The Morgan fingerprint density at radius 2 is 2.04 bits per heavy atom. The number of carbonyl (C=O) groups is 1. The number of carbonyl (C=O) groups excluding carboxylic acids is 1. The zero-order chi connectivity index (χ0) is 18.7. The second-order valence-electron chi connectivity index (χ2n) is 7.67. The van der Waals surface area contributed by atoms with Crippen LogP contribution in [-0.2, 0) is 4.74 Å². The van der Waals surface area contributed by atoms with Crippen LogP contribution in [0.1, 0.15) is 39.5 Å². The average molecular weight is 364 g/mol. The minimum atomic E-state index is -0.833. The number of ether oxygens (including phenoxy) is 2.